The lowest BCUT2D eigenvalue weighted by Crippen LogP contribution is -2.40. The molecule has 1 atom stereocenters. The van der Waals surface area contributed by atoms with Gasteiger partial charge in [-0.2, -0.15) is 0 Å². The van der Waals surface area contributed by atoms with Crippen molar-refractivity contribution >= 4 is 5.91 Å². The van der Waals surface area contributed by atoms with Gasteiger partial charge >= 0.3 is 0 Å². The fourth-order valence-electron chi connectivity index (χ4n) is 4.04. The third-order valence-corrected chi connectivity index (χ3v) is 5.54. The zero-order valence-corrected chi connectivity index (χ0v) is 15.3. The van der Waals surface area contributed by atoms with Gasteiger partial charge in [-0.15, -0.1) is 10.2 Å². The molecule has 1 unspecified atom stereocenters. The molecule has 0 saturated carbocycles. The SMILES string of the molecule is Cn1c(CN2CCCCC2)nnc1C1CCCN(C(=O)c2cocn2)C1. The van der Waals surface area contributed by atoms with E-state index in [9.17, 15) is 4.79 Å². The monoisotopic (exact) mass is 358 g/mol. The number of amides is 1. The smallest absolute Gasteiger partial charge is 0.275 e. The summed E-state index contributed by atoms with van der Waals surface area (Å²) >= 11 is 0. The topological polar surface area (TPSA) is 80.3 Å². The summed E-state index contributed by atoms with van der Waals surface area (Å²) in [7, 11) is 2.05. The minimum atomic E-state index is -0.0702. The molecule has 2 aliphatic rings. The Kier molecular flexibility index (Phi) is 5.01. The van der Waals surface area contributed by atoms with Crippen molar-refractivity contribution in [2.75, 3.05) is 26.2 Å². The van der Waals surface area contributed by atoms with Crippen LogP contribution in [-0.2, 0) is 13.6 Å². The lowest BCUT2D eigenvalue weighted by molar-refractivity contribution is 0.0697. The van der Waals surface area contributed by atoms with Crippen LogP contribution < -0.4 is 0 Å². The number of nitrogens with zero attached hydrogens (tertiary/aromatic N) is 6. The van der Waals surface area contributed by atoms with E-state index in [1.807, 2.05) is 11.9 Å². The van der Waals surface area contributed by atoms with E-state index in [4.69, 9.17) is 4.42 Å². The van der Waals surface area contributed by atoms with Crippen molar-refractivity contribution in [3.63, 3.8) is 0 Å². The van der Waals surface area contributed by atoms with E-state index in [-0.39, 0.29) is 11.8 Å². The number of piperidine rings is 2. The van der Waals surface area contributed by atoms with Crippen LogP contribution in [0.2, 0.25) is 0 Å². The number of hydrogen-bond donors (Lipinski definition) is 0. The Hall–Kier alpha value is -2.22. The van der Waals surface area contributed by atoms with Crippen LogP contribution in [0, 0.1) is 0 Å². The maximum atomic E-state index is 12.5. The maximum absolute atomic E-state index is 12.5. The highest BCUT2D eigenvalue weighted by molar-refractivity contribution is 5.92. The number of carbonyl (C=O) groups excluding carboxylic acids is 1. The first-order valence-electron chi connectivity index (χ1n) is 9.50. The molecule has 2 aliphatic heterocycles. The van der Waals surface area contributed by atoms with Crippen LogP contribution in [-0.4, -0.2) is 61.6 Å². The molecular weight excluding hydrogens is 332 g/mol. The summed E-state index contributed by atoms with van der Waals surface area (Å²) in [5.41, 5.74) is 0.370. The van der Waals surface area contributed by atoms with Crippen LogP contribution >= 0.6 is 0 Å². The van der Waals surface area contributed by atoms with Gasteiger partial charge in [0.05, 0.1) is 6.54 Å². The fourth-order valence-corrected chi connectivity index (χ4v) is 4.04. The van der Waals surface area contributed by atoms with E-state index in [0.29, 0.717) is 12.2 Å². The largest absolute Gasteiger partial charge is 0.451 e. The van der Waals surface area contributed by atoms with Gasteiger partial charge in [0.25, 0.3) is 5.91 Å². The van der Waals surface area contributed by atoms with Crippen molar-refractivity contribution in [1.82, 2.24) is 29.5 Å². The van der Waals surface area contributed by atoms with E-state index in [2.05, 4.69) is 24.6 Å². The van der Waals surface area contributed by atoms with Crippen molar-refractivity contribution < 1.29 is 9.21 Å². The number of oxazole rings is 1. The molecule has 2 saturated heterocycles. The Morgan fingerprint density at radius 2 is 2.04 bits per heavy atom. The number of carbonyl (C=O) groups is 1. The van der Waals surface area contributed by atoms with Crippen molar-refractivity contribution in [1.29, 1.82) is 0 Å². The molecule has 0 bridgehead atoms. The molecular formula is C18H26N6O2. The summed E-state index contributed by atoms with van der Waals surface area (Å²) in [6, 6.07) is 0. The van der Waals surface area contributed by atoms with Gasteiger partial charge in [0.15, 0.2) is 12.1 Å². The molecule has 2 aromatic heterocycles. The molecule has 0 aliphatic carbocycles. The molecule has 2 fully saturated rings. The van der Waals surface area contributed by atoms with Crippen molar-refractivity contribution in [2.45, 2.75) is 44.6 Å². The van der Waals surface area contributed by atoms with Gasteiger partial charge in [-0.1, -0.05) is 6.42 Å². The van der Waals surface area contributed by atoms with Crippen LogP contribution in [0.5, 0.6) is 0 Å². The second-order valence-electron chi connectivity index (χ2n) is 7.33. The molecule has 140 valence electrons. The summed E-state index contributed by atoms with van der Waals surface area (Å²) in [6.45, 7) is 4.55. The van der Waals surface area contributed by atoms with E-state index in [1.54, 1.807) is 0 Å². The summed E-state index contributed by atoms with van der Waals surface area (Å²) in [5, 5.41) is 8.92. The first-order valence-corrected chi connectivity index (χ1v) is 9.50. The molecule has 4 rings (SSSR count). The van der Waals surface area contributed by atoms with Crippen LogP contribution in [0.25, 0.3) is 0 Å². The molecule has 26 heavy (non-hydrogen) atoms. The lowest BCUT2D eigenvalue weighted by Gasteiger charge is -2.31. The molecule has 2 aromatic rings. The Morgan fingerprint density at radius 3 is 2.81 bits per heavy atom. The highest BCUT2D eigenvalue weighted by atomic mass is 16.3. The van der Waals surface area contributed by atoms with E-state index < -0.39 is 0 Å². The third kappa shape index (κ3) is 3.51. The first-order chi connectivity index (χ1) is 12.7. The number of rotatable bonds is 4. The summed E-state index contributed by atoms with van der Waals surface area (Å²) < 4.78 is 7.07. The Morgan fingerprint density at radius 1 is 1.19 bits per heavy atom. The quantitative estimate of drug-likeness (QED) is 0.829. The second-order valence-corrected chi connectivity index (χ2v) is 7.33. The highest BCUT2D eigenvalue weighted by Gasteiger charge is 2.30. The Labute approximate surface area is 153 Å². The minimum Gasteiger partial charge on any atom is -0.451 e. The van der Waals surface area contributed by atoms with Gasteiger partial charge in [-0.25, -0.2) is 4.98 Å². The summed E-state index contributed by atoms with van der Waals surface area (Å²) in [4.78, 5) is 20.8. The zero-order valence-electron chi connectivity index (χ0n) is 15.3. The van der Waals surface area contributed by atoms with Gasteiger partial charge in [0, 0.05) is 26.1 Å². The van der Waals surface area contributed by atoms with E-state index >= 15 is 0 Å². The number of likely N-dealkylation sites (tertiary alicyclic amines) is 2. The molecule has 4 heterocycles. The minimum absolute atomic E-state index is 0.0702. The lowest BCUT2D eigenvalue weighted by atomic mass is 9.97. The fraction of sp³-hybridized carbons (Fsp3) is 0.667. The molecule has 8 nitrogen and oxygen atoms in total. The van der Waals surface area contributed by atoms with Crippen LogP contribution in [0.15, 0.2) is 17.1 Å². The average Bonchev–Trinajstić information content (AvgIpc) is 3.33. The van der Waals surface area contributed by atoms with Crippen LogP contribution in [0.1, 0.15) is 60.2 Å². The van der Waals surface area contributed by atoms with Gasteiger partial charge < -0.3 is 13.9 Å². The molecule has 0 aromatic carbocycles. The molecule has 0 N–H and O–H groups in total. The highest BCUT2D eigenvalue weighted by Crippen LogP contribution is 2.27. The van der Waals surface area contributed by atoms with Gasteiger partial charge in [-0.3, -0.25) is 9.69 Å². The number of hydrogen-bond acceptors (Lipinski definition) is 6. The average molecular weight is 358 g/mol. The first kappa shape index (κ1) is 17.2. The molecule has 0 spiro atoms. The van der Waals surface area contributed by atoms with E-state index in [0.717, 1.165) is 50.7 Å². The standard InChI is InChI=1S/C18H26N6O2/c1-22-16(11-23-7-3-2-4-8-23)20-21-17(22)14-6-5-9-24(10-14)18(25)15-12-26-13-19-15/h12-14H,2-11H2,1H3. The molecule has 8 heteroatoms. The van der Waals surface area contributed by atoms with Crippen LogP contribution in [0.4, 0.5) is 0 Å². The van der Waals surface area contributed by atoms with Crippen molar-refractivity contribution in [2.24, 2.45) is 7.05 Å². The normalized spacial score (nSPS) is 21.9. The zero-order chi connectivity index (χ0) is 17.9. The van der Waals surface area contributed by atoms with Crippen molar-refractivity contribution in [3.8, 4) is 0 Å². The van der Waals surface area contributed by atoms with Crippen molar-refractivity contribution in [3.05, 3.63) is 30.0 Å². The second kappa shape index (κ2) is 7.57. The predicted molar refractivity (Wildman–Crippen MR) is 94.5 cm³/mol. The van der Waals surface area contributed by atoms with E-state index in [1.165, 1.54) is 31.9 Å². The Balaban J connectivity index is 1.44. The Bertz CT molecular complexity index is 735. The van der Waals surface area contributed by atoms with Crippen LogP contribution in [0.3, 0.4) is 0 Å². The number of aromatic nitrogens is 4. The summed E-state index contributed by atoms with van der Waals surface area (Å²) in [5.74, 6) is 2.14. The molecule has 0 radical (unpaired) electrons. The summed E-state index contributed by atoms with van der Waals surface area (Å²) in [6.07, 6.45) is 8.56. The van der Waals surface area contributed by atoms with Gasteiger partial charge in [0.1, 0.15) is 17.9 Å². The third-order valence-electron chi connectivity index (χ3n) is 5.54. The van der Waals surface area contributed by atoms with Gasteiger partial charge in [0.2, 0.25) is 0 Å². The van der Waals surface area contributed by atoms with Gasteiger partial charge in [-0.05, 0) is 38.8 Å². The predicted octanol–water partition coefficient (Wildman–Crippen LogP) is 1.81. The maximum Gasteiger partial charge on any atom is 0.275 e. The molecule has 1 amide bonds.